The predicted molar refractivity (Wildman–Crippen MR) is 132 cm³/mol. The van der Waals surface area contributed by atoms with E-state index >= 15 is 0 Å². The van der Waals surface area contributed by atoms with Gasteiger partial charge in [-0.05, 0) is 49.3 Å². The van der Waals surface area contributed by atoms with Crippen LogP contribution < -0.4 is 4.90 Å². The van der Waals surface area contributed by atoms with Gasteiger partial charge in [0.05, 0.1) is 5.41 Å². The van der Waals surface area contributed by atoms with Crippen LogP contribution in [0, 0.1) is 0 Å². The molecule has 0 atom stereocenters. The topological polar surface area (TPSA) is 75.4 Å². The molecular formula is C26H31N5O2S. The van der Waals surface area contributed by atoms with Crippen LogP contribution in [0.3, 0.4) is 0 Å². The van der Waals surface area contributed by atoms with E-state index in [0.29, 0.717) is 17.6 Å². The van der Waals surface area contributed by atoms with E-state index in [-0.39, 0.29) is 5.41 Å². The molecule has 2 aliphatic carbocycles. The lowest BCUT2D eigenvalue weighted by Gasteiger charge is -2.40. The van der Waals surface area contributed by atoms with Crippen LogP contribution in [-0.4, -0.2) is 52.1 Å². The molecule has 7 nitrogen and oxygen atoms in total. The molecule has 3 aromatic rings. The van der Waals surface area contributed by atoms with Crippen molar-refractivity contribution < 1.29 is 9.32 Å². The highest BCUT2D eigenvalue weighted by Crippen LogP contribution is 2.44. The second-order valence-electron chi connectivity index (χ2n) is 9.89. The Morgan fingerprint density at radius 2 is 1.82 bits per heavy atom. The van der Waals surface area contributed by atoms with Crippen LogP contribution in [-0.2, 0) is 10.2 Å². The average molecular weight is 478 g/mol. The summed E-state index contributed by atoms with van der Waals surface area (Å²) in [5.74, 6) is 3.05. The summed E-state index contributed by atoms with van der Waals surface area (Å²) in [5.41, 5.74) is 0.586. The number of carbonyl (C=O) groups is 1. The number of anilines is 1. The molecule has 0 N–H and O–H groups in total. The molecule has 3 aliphatic rings. The molecule has 4 heterocycles. The van der Waals surface area contributed by atoms with Crippen LogP contribution in [0.15, 0.2) is 40.4 Å². The van der Waals surface area contributed by atoms with Crippen LogP contribution in [0.4, 0.5) is 5.82 Å². The lowest BCUT2D eigenvalue weighted by atomic mass is 9.82. The Bertz CT molecular complexity index is 1110. The summed E-state index contributed by atoms with van der Waals surface area (Å²) in [6.07, 6.45) is 10.8. The van der Waals surface area contributed by atoms with Crippen LogP contribution in [0.25, 0.3) is 11.4 Å². The van der Waals surface area contributed by atoms with Gasteiger partial charge in [0.25, 0.3) is 0 Å². The second-order valence-corrected chi connectivity index (χ2v) is 10.8. The molecule has 0 unspecified atom stereocenters. The van der Waals surface area contributed by atoms with Gasteiger partial charge in [-0.2, -0.15) is 4.98 Å². The summed E-state index contributed by atoms with van der Waals surface area (Å²) < 4.78 is 5.52. The zero-order chi connectivity index (χ0) is 23.0. The first-order valence-electron chi connectivity index (χ1n) is 12.6. The van der Waals surface area contributed by atoms with E-state index in [2.05, 4.69) is 42.4 Å². The van der Waals surface area contributed by atoms with Crippen molar-refractivity contribution in [2.24, 2.45) is 0 Å². The highest BCUT2D eigenvalue weighted by atomic mass is 32.1. The van der Waals surface area contributed by atoms with Gasteiger partial charge in [0.15, 0.2) is 0 Å². The maximum atomic E-state index is 13.6. The van der Waals surface area contributed by atoms with Crippen molar-refractivity contribution in [3.05, 3.63) is 46.6 Å². The van der Waals surface area contributed by atoms with Crippen LogP contribution >= 0.6 is 11.3 Å². The molecule has 1 amide bonds. The number of amides is 1. The molecule has 0 aromatic carbocycles. The molecule has 0 radical (unpaired) electrons. The van der Waals surface area contributed by atoms with Gasteiger partial charge in [-0.15, -0.1) is 11.3 Å². The number of nitrogens with zero attached hydrogens (tertiary/aromatic N) is 5. The zero-order valence-electron chi connectivity index (χ0n) is 19.5. The highest BCUT2D eigenvalue weighted by Gasteiger charge is 2.46. The van der Waals surface area contributed by atoms with Gasteiger partial charge in [-0.3, -0.25) is 4.79 Å². The third-order valence-corrected chi connectivity index (χ3v) is 8.98. The fourth-order valence-corrected chi connectivity index (χ4v) is 6.91. The first-order chi connectivity index (χ1) is 16.7. The summed E-state index contributed by atoms with van der Waals surface area (Å²) in [4.78, 5) is 28.5. The number of aromatic nitrogens is 3. The molecule has 1 aliphatic heterocycles. The minimum absolute atomic E-state index is 0.293. The zero-order valence-corrected chi connectivity index (χ0v) is 20.3. The maximum absolute atomic E-state index is 13.6. The lowest BCUT2D eigenvalue weighted by molar-refractivity contribution is -0.137. The fourth-order valence-electron chi connectivity index (χ4n) is 5.93. The van der Waals surface area contributed by atoms with Gasteiger partial charge in [0, 0.05) is 48.7 Å². The SMILES string of the molecule is O=C(N1CCN(c2ccc(-c3noc(C4CCCC4)n3)cn2)CC1)C1(c2cccs2)CCCC1. The van der Waals surface area contributed by atoms with E-state index in [4.69, 9.17) is 4.52 Å². The molecule has 3 aromatic heterocycles. The van der Waals surface area contributed by atoms with E-state index in [0.717, 1.165) is 82.0 Å². The fraction of sp³-hybridized carbons (Fsp3) is 0.538. The average Bonchev–Trinajstić information content (AvgIpc) is 3.71. The van der Waals surface area contributed by atoms with Crippen molar-refractivity contribution in [2.45, 2.75) is 62.7 Å². The van der Waals surface area contributed by atoms with E-state index < -0.39 is 0 Å². The minimum Gasteiger partial charge on any atom is -0.353 e. The van der Waals surface area contributed by atoms with Crippen molar-refractivity contribution in [1.29, 1.82) is 0 Å². The molecule has 34 heavy (non-hydrogen) atoms. The standard InChI is InChI=1S/C26H31N5O2S/c32-25(26(11-3-4-12-26)21-8-5-17-34-21)31-15-13-30(14-16-31)22-10-9-20(18-27-22)23-28-24(33-29-23)19-6-1-2-7-19/h5,8-10,17-19H,1-4,6-7,11-16H2. The van der Waals surface area contributed by atoms with Crippen molar-refractivity contribution in [1.82, 2.24) is 20.0 Å². The lowest BCUT2D eigenvalue weighted by Crippen LogP contribution is -2.54. The Labute approximate surface area is 204 Å². The van der Waals surface area contributed by atoms with Gasteiger partial charge >= 0.3 is 0 Å². The van der Waals surface area contributed by atoms with Crippen molar-refractivity contribution in [3.8, 4) is 11.4 Å². The molecule has 3 fully saturated rings. The summed E-state index contributed by atoms with van der Waals surface area (Å²) in [7, 11) is 0. The van der Waals surface area contributed by atoms with Crippen LogP contribution in [0.1, 0.15) is 68.1 Å². The van der Waals surface area contributed by atoms with E-state index in [9.17, 15) is 4.79 Å². The number of pyridine rings is 1. The molecule has 2 saturated carbocycles. The Kier molecular flexibility index (Phi) is 5.85. The second kappa shape index (κ2) is 9.13. The molecular weight excluding hydrogens is 446 g/mol. The molecule has 8 heteroatoms. The third-order valence-electron chi connectivity index (χ3n) is 7.90. The number of rotatable bonds is 5. The van der Waals surface area contributed by atoms with Gasteiger partial charge in [-0.1, -0.05) is 36.9 Å². The highest BCUT2D eigenvalue weighted by molar-refractivity contribution is 7.10. The first kappa shape index (κ1) is 21.8. The van der Waals surface area contributed by atoms with Gasteiger partial charge in [-0.25, -0.2) is 4.98 Å². The van der Waals surface area contributed by atoms with Gasteiger partial charge in [0.2, 0.25) is 17.6 Å². The third kappa shape index (κ3) is 3.91. The van der Waals surface area contributed by atoms with E-state index in [1.807, 2.05) is 18.3 Å². The number of thiophene rings is 1. The van der Waals surface area contributed by atoms with E-state index in [1.165, 1.54) is 17.7 Å². The molecule has 6 rings (SSSR count). The largest absolute Gasteiger partial charge is 0.353 e. The first-order valence-corrected chi connectivity index (χ1v) is 13.5. The molecule has 0 bridgehead atoms. The molecule has 1 saturated heterocycles. The Morgan fingerprint density at radius 3 is 2.50 bits per heavy atom. The summed E-state index contributed by atoms with van der Waals surface area (Å²) in [6.45, 7) is 3.08. The number of carbonyl (C=O) groups excluding carboxylic acids is 1. The summed E-state index contributed by atoms with van der Waals surface area (Å²) in [6, 6.07) is 8.27. The Balaban J connectivity index is 1.10. The summed E-state index contributed by atoms with van der Waals surface area (Å²) in [5, 5.41) is 6.28. The van der Waals surface area contributed by atoms with Gasteiger partial charge < -0.3 is 14.3 Å². The normalized spacial score (nSPS) is 20.8. The monoisotopic (exact) mass is 477 g/mol. The van der Waals surface area contributed by atoms with Crippen molar-refractivity contribution in [2.75, 3.05) is 31.1 Å². The number of hydrogen-bond acceptors (Lipinski definition) is 7. The van der Waals surface area contributed by atoms with E-state index in [1.54, 1.807) is 11.3 Å². The molecule has 178 valence electrons. The smallest absolute Gasteiger partial charge is 0.234 e. The van der Waals surface area contributed by atoms with Crippen LogP contribution in [0.5, 0.6) is 0 Å². The minimum atomic E-state index is -0.293. The summed E-state index contributed by atoms with van der Waals surface area (Å²) >= 11 is 1.73. The number of piperazine rings is 1. The maximum Gasteiger partial charge on any atom is 0.234 e. The molecule has 0 spiro atoms. The Morgan fingerprint density at radius 1 is 1.03 bits per heavy atom. The predicted octanol–water partition coefficient (Wildman–Crippen LogP) is 5.01. The van der Waals surface area contributed by atoms with Crippen molar-refractivity contribution in [3.63, 3.8) is 0 Å². The Hall–Kier alpha value is -2.74. The number of hydrogen-bond donors (Lipinski definition) is 0. The van der Waals surface area contributed by atoms with Crippen LogP contribution in [0.2, 0.25) is 0 Å². The van der Waals surface area contributed by atoms with Gasteiger partial charge in [0.1, 0.15) is 5.82 Å². The van der Waals surface area contributed by atoms with Crippen molar-refractivity contribution >= 4 is 23.1 Å². The quantitative estimate of drug-likeness (QED) is 0.514.